The third-order valence-electron chi connectivity index (χ3n) is 5.57. The summed E-state index contributed by atoms with van der Waals surface area (Å²) in [5.41, 5.74) is 0.672. The zero-order chi connectivity index (χ0) is 17.6. The molecule has 5 rings (SSSR count). The molecule has 5 heterocycles. The van der Waals surface area contributed by atoms with Gasteiger partial charge in [-0.3, -0.25) is 9.78 Å². The highest BCUT2D eigenvalue weighted by atomic mass is 32.1. The molecule has 3 aromatic heterocycles. The van der Waals surface area contributed by atoms with Crippen LogP contribution < -0.4 is 4.90 Å². The summed E-state index contributed by atoms with van der Waals surface area (Å²) in [6.45, 7) is 3.02. The minimum Gasteiger partial charge on any atom is -0.355 e. The summed E-state index contributed by atoms with van der Waals surface area (Å²) in [5.74, 6) is 1.23. The molecule has 0 aromatic carbocycles. The maximum Gasteiger partial charge on any atom is 0.231 e. The van der Waals surface area contributed by atoms with Crippen LogP contribution in [0.1, 0.15) is 18.5 Å². The van der Waals surface area contributed by atoms with Crippen LogP contribution in [0.5, 0.6) is 0 Å². The van der Waals surface area contributed by atoms with Crippen LogP contribution in [0.25, 0.3) is 10.2 Å². The average molecular weight is 365 g/mol. The lowest BCUT2D eigenvalue weighted by atomic mass is 9.85. The third-order valence-corrected chi connectivity index (χ3v) is 6.39. The van der Waals surface area contributed by atoms with Gasteiger partial charge in [0.2, 0.25) is 5.91 Å². The van der Waals surface area contributed by atoms with Gasteiger partial charge in [0.05, 0.1) is 23.0 Å². The zero-order valence-electron chi connectivity index (χ0n) is 14.3. The summed E-state index contributed by atoms with van der Waals surface area (Å²) in [6.07, 6.45) is 5.21. The van der Waals surface area contributed by atoms with E-state index in [2.05, 4.69) is 25.9 Å². The Bertz CT molecular complexity index is 959. The second kappa shape index (κ2) is 6.02. The number of carbonyl (C=O) groups excluding carboxylic acids is 1. The van der Waals surface area contributed by atoms with Gasteiger partial charge < -0.3 is 9.80 Å². The van der Waals surface area contributed by atoms with E-state index >= 15 is 0 Å². The van der Waals surface area contributed by atoms with Crippen molar-refractivity contribution in [2.45, 2.75) is 19.4 Å². The maximum atomic E-state index is 13.2. The quantitative estimate of drug-likeness (QED) is 0.714. The molecule has 2 aliphatic rings. The summed E-state index contributed by atoms with van der Waals surface area (Å²) in [5, 5.41) is 3.13. The van der Waals surface area contributed by atoms with E-state index in [1.807, 2.05) is 28.5 Å². The second-order valence-corrected chi connectivity index (χ2v) is 7.98. The Hall–Kier alpha value is -2.54. The topological polar surface area (TPSA) is 62.2 Å². The molecule has 0 saturated carbocycles. The van der Waals surface area contributed by atoms with Gasteiger partial charge in [-0.1, -0.05) is 6.07 Å². The summed E-state index contributed by atoms with van der Waals surface area (Å²) in [6, 6.07) is 7.92. The normalized spacial score (nSPS) is 22.8. The van der Waals surface area contributed by atoms with Gasteiger partial charge in [-0.05, 0) is 36.4 Å². The van der Waals surface area contributed by atoms with Gasteiger partial charge in [0.15, 0.2) is 0 Å². The first-order valence-corrected chi connectivity index (χ1v) is 9.76. The van der Waals surface area contributed by atoms with Crippen molar-refractivity contribution in [1.29, 1.82) is 0 Å². The van der Waals surface area contributed by atoms with E-state index < -0.39 is 0 Å². The van der Waals surface area contributed by atoms with Crippen LogP contribution in [-0.4, -0.2) is 45.4 Å². The molecule has 2 aliphatic heterocycles. The smallest absolute Gasteiger partial charge is 0.231 e. The molecular formula is C19H19N5OS. The van der Waals surface area contributed by atoms with E-state index in [-0.39, 0.29) is 11.3 Å². The zero-order valence-corrected chi connectivity index (χ0v) is 15.2. The van der Waals surface area contributed by atoms with Gasteiger partial charge in [0.1, 0.15) is 17.0 Å². The van der Waals surface area contributed by atoms with Crippen LogP contribution in [0.4, 0.5) is 5.82 Å². The third kappa shape index (κ3) is 2.46. The molecule has 7 heteroatoms. The summed E-state index contributed by atoms with van der Waals surface area (Å²) in [4.78, 5) is 31.6. The molecule has 0 bridgehead atoms. The van der Waals surface area contributed by atoms with Crippen LogP contribution in [0.3, 0.4) is 0 Å². The number of hydrogen-bond acceptors (Lipinski definition) is 6. The molecule has 0 N–H and O–H groups in total. The Morgan fingerprint density at radius 1 is 1.12 bits per heavy atom. The number of aromatic nitrogens is 3. The molecule has 1 unspecified atom stereocenters. The number of anilines is 1. The summed E-state index contributed by atoms with van der Waals surface area (Å²) >= 11 is 1.63. The second-order valence-electron chi connectivity index (χ2n) is 7.09. The molecule has 2 fully saturated rings. The molecule has 3 aromatic rings. The Morgan fingerprint density at radius 3 is 2.92 bits per heavy atom. The van der Waals surface area contributed by atoms with Crippen LogP contribution in [0.2, 0.25) is 0 Å². The number of nitrogens with zero attached hydrogens (tertiary/aromatic N) is 5. The molecule has 1 atom stereocenters. The van der Waals surface area contributed by atoms with Crippen molar-refractivity contribution in [3.63, 3.8) is 0 Å². The molecule has 1 spiro atoms. The molecule has 0 radical (unpaired) electrons. The Balaban J connectivity index is 1.37. The first-order chi connectivity index (χ1) is 12.8. The van der Waals surface area contributed by atoms with Gasteiger partial charge in [0, 0.05) is 25.8 Å². The number of pyridine rings is 1. The van der Waals surface area contributed by atoms with Crippen molar-refractivity contribution < 1.29 is 4.79 Å². The molecule has 0 aliphatic carbocycles. The fraction of sp³-hybridized carbons (Fsp3) is 0.368. The number of carbonyl (C=O) groups is 1. The highest BCUT2D eigenvalue weighted by Gasteiger charge is 2.51. The van der Waals surface area contributed by atoms with Crippen LogP contribution in [0.15, 0.2) is 42.2 Å². The van der Waals surface area contributed by atoms with Crippen molar-refractivity contribution >= 4 is 33.3 Å². The molecule has 6 nitrogen and oxygen atoms in total. The SMILES string of the molecule is O=C1N(Cc2ccccn2)CCC12CCN(c1ncnc3sccc13)C2. The number of fused-ring (bicyclic) bond motifs is 1. The highest BCUT2D eigenvalue weighted by Crippen LogP contribution is 2.43. The van der Waals surface area contributed by atoms with Gasteiger partial charge in [0.25, 0.3) is 0 Å². The van der Waals surface area contributed by atoms with E-state index in [1.54, 1.807) is 23.9 Å². The van der Waals surface area contributed by atoms with E-state index in [9.17, 15) is 4.79 Å². The van der Waals surface area contributed by atoms with Gasteiger partial charge in [-0.2, -0.15) is 0 Å². The molecule has 132 valence electrons. The minimum absolute atomic E-state index is 0.265. The minimum atomic E-state index is -0.276. The van der Waals surface area contributed by atoms with E-state index in [4.69, 9.17) is 0 Å². The standard InChI is InChI=1S/C19H19N5OS/c25-18-19(5-8-23(18)11-14-3-1-2-7-20-14)6-9-24(12-19)16-15-4-10-26-17(15)22-13-21-16/h1-4,7,10,13H,5-6,8-9,11-12H2. The first-order valence-electron chi connectivity index (χ1n) is 8.88. The summed E-state index contributed by atoms with van der Waals surface area (Å²) in [7, 11) is 0. The first kappa shape index (κ1) is 15.7. The van der Waals surface area contributed by atoms with Crippen molar-refractivity contribution in [3.05, 3.63) is 47.9 Å². The van der Waals surface area contributed by atoms with Crippen molar-refractivity contribution in [1.82, 2.24) is 19.9 Å². The lowest BCUT2D eigenvalue weighted by Crippen LogP contribution is -2.37. The average Bonchev–Trinajstić information content (AvgIpc) is 3.39. The number of rotatable bonds is 3. The van der Waals surface area contributed by atoms with Crippen molar-refractivity contribution in [3.8, 4) is 0 Å². The molecule has 1 amide bonds. The number of hydrogen-bond donors (Lipinski definition) is 0. The van der Waals surface area contributed by atoms with Crippen LogP contribution >= 0.6 is 11.3 Å². The molecule has 2 saturated heterocycles. The fourth-order valence-electron chi connectivity index (χ4n) is 4.19. The van der Waals surface area contributed by atoms with Crippen LogP contribution in [0, 0.1) is 5.41 Å². The predicted molar refractivity (Wildman–Crippen MR) is 101 cm³/mol. The van der Waals surface area contributed by atoms with Gasteiger partial charge in [-0.25, -0.2) is 9.97 Å². The Morgan fingerprint density at radius 2 is 2.04 bits per heavy atom. The highest BCUT2D eigenvalue weighted by molar-refractivity contribution is 7.16. The maximum absolute atomic E-state index is 13.2. The van der Waals surface area contributed by atoms with Crippen molar-refractivity contribution in [2.75, 3.05) is 24.5 Å². The largest absolute Gasteiger partial charge is 0.355 e. The fourth-order valence-corrected chi connectivity index (χ4v) is 4.92. The summed E-state index contributed by atoms with van der Waals surface area (Å²) < 4.78 is 0. The van der Waals surface area contributed by atoms with Crippen molar-refractivity contribution in [2.24, 2.45) is 5.41 Å². The van der Waals surface area contributed by atoms with Gasteiger partial charge >= 0.3 is 0 Å². The van der Waals surface area contributed by atoms with E-state index in [1.165, 1.54) is 0 Å². The van der Waals surface area contributed by atoms with E-state index in [0.29, 0.717) is 6.54 Å². The van der Waals surface area contributed by atoms with Gasteiger partial charge in [-0.15, -0.1) is 11.3 Å². The Labute approximate surface area is 155 Å². The number of amides is 1. The van der Waals surface area contributed by atoms with E-state index in [0.717, 1.165) is 54.2 Å². The number of likely N-dealkylation sites (tertiary alicyclic amines) is 1. The number of thiophene rings is 1. The predicted octanol–water partition coefficient (Wildman–Crippen LogP) is 2.72. The van der Waals surface area contributed by atoms with Crippen LogP contribution in [-0.2, 0) is 11.3 Å². The monoisotopic (exact) mass is 365 g/mol. The lowest BCUT2D eigenvalue weighted by Gasteiger charge is -2.24. The Kier molecular flexibility index (Phi) is 3.63. The lowest BCUT2D eigenvalue weighted by molar-refractivity contribution is -0.135. The molecule has 26 heavy (non-hydrogen) atoms. The molecular weight excluding hydrogens is 346 g/mol.